The van der Waals surface area contributed by atoms with Crippen molar-refractivity contribution in [3.63, 3.8) is 0 Å². The molecule has 0 fully saturated rings. The number of hydrogen-bond acceptors (Lipinski definition) is 5. The lowest BCUT2D eigenvalue weighted by Gasteiger charge is -2.12. The number of hydrogen-bond donors (Lipinski definition) is 2. The van der Waals surface area contributed by atoms with Crippen molar-refractivity contribution in [2.75, 3.05) is 25.2 Å². The monoisotopic (exact) mass is 373 g/mol. The Kier molecular flexibility index (Phi) is 10.0. The van der Waals surface area contributed by atoms with Crippen LogP contribution in [0.4, 0.5) is 13.2 Å². The van der Waals surface area contributed by atoms with E-state index < -0.39 is 17.8 Å². The molecule has 5 nitrogen and oxygen atoms in total. The van der Waals surface area contributed by atoms with Gasteiger partial charge in [0, 0.05) is 12.3 Å². The minimum atomic E-state index is -4.42. The molecule has 0 spiro atoms. The van der Waals surface area contributed by atoms with Crippen LogP contribution in [0.15, 0.2) is 18.3 Å². The first-order valence-corrected chi connectivity index (χ1v) is 7.92. The molecule has 1 aromatic heterocycles. The van der Waals surface area contributed by atoms with Gasteiger partial charge in [-0.25, -0.2) is 4.98 Å². The maximum Gasteiger partial charge on any atom is 0.417 e. The van der Waals surface area contributed by atoms with E-state index in [4.69, 9.17) is 10.5 Å². The number of rotatable bonds is 8. The molecule has 132 valence electrons. The molecule has 1 atom stereocenters. The zero-order valence-corrected chi connectivity index (χ0v) is 14.1. The molecule has 0 bridgehead atoms. The largest absolute Gasteiger partial charge is 0.476 e. The normalized spacial score (nSPS) is 12.2. The molecular formula is C13H19ClF3N3O2S. The van der Waals surface area contributed by atoms with Gasteiger partial charge in [0.05, 0.1) is 18.2 Å². The molecule has 0 saturated carbocycles. The second-order valence-corrected chi connectivity index (χ2v) is 5.40. The van der Waals surface area contributed by atoms with Crippen molar-refractivity contribution in [2.45, 2.75) is 18.6 Å². The Bertz CT molecular complexity index is 475. The molecule has 0 aliphatic carbocycles. The van der Waals surface area contributed by atoms with Crippen LogP contribution < -0.4 is 15.8 Å². The number of carbonyl (C=O) groups excluding carboxylic acids is 1. The number of nitrogens with zero attached hydrogens (tertiary/aromatic N) is 1. The molecule has 0 saturated heterocycles. The van der Waals surface area contributed by atoms with Crippen molar-refractivity contribution >= 4 is 30.1 Å². The van der Waals surface area contributed by atoms with E-state index in [0.717, 1.165) is 17.9 Å². The first-order chi connectivity index (χ1) is 10.3. The number of alkyl halides is 3. The summed E-state index contributed by atoms with van der Waals surface area (Å²) in [6, 6.07) is 1.45. The third-order valence-electron chi connectivity index (χ3n) is 2.68. The summed E-state index contributed by atoms with van der Waals surface area (Å²) in [6.07, 6.45) is -1.22. The zero-order chi connectivity index (χ0) is 16.6. The summed E-state index contributed by atoms with van der Waals surface area (Å²) in [6.45, 7) is 0.299. The molecule has 0 radical (unpaired) electrons. The topological polar surface area (TPSA) is 77.2 Å². The van der Waals surface area contributed by atoms with E-state index in [9.17, 15) is 18.0 Å². The molecule has 1 aromatic rings. The number of pyridine rings is 1. The van der Waals surface area contributed by atoms with Gasteiger partial charge in [-0.2, -0.15) is 24.9 Å². The highest BCUT2D eigenvalue weighted by molar-refractivity contribution is 7.98. The van der Waals surface area contributed by atoms with Gasteiger partial charge in [0.15, 0.2) is 0 Å². The predicted molar refractivity (Wildman–Crippen MR) is 86.0 cm³/mol. The van der Waals surface area contributed by atoms with Gasteiger partial charge in [-0.15, -0.1) is 12.4 Å². The van der Waals surface area contributed by atoms with E-state index in [-0.39, 0.29) is 37.3 Å². The van der Waals surface area contributed by atoms with Crippen molar-refractivity contribution in [3.8, 4) is 5.88 Å². The third-order valence-corrected chi connectivity index (χ3v) is 3.33. The Hall–Kier alpha value is -1.19. The summed E-state index contributed by atoms with van der Waals surface area (Å²) in [5, 5.41) is 2.59. The summed E-state index contributed by atoms with van der Waals surface area (Å²) >= 11 is 1.60. The Morgan fingerprint density at radius 1 is 1.48 bits per heavy atom. The van der Waals surface area contributed by atoms with Crippen LogP contribution in [0.1, 0.15) is 12.0 Å². The Balaban J connectivity index is 0.00000484. The number of amides is 1. The highest BCUT2D eigenvalue weighted by atomic mass is 35.5. The fraction of sp³-hybridized carbons (Fsp3) is 0.538. The van der Waals surface area contributed by atoms with Gasteiger partial charge in [-0.1, -0.05) is 0 Å². The molecule has 3 N–H and O–H groups in total. The van der Waals surface area contributed by atoms with Crippen LogP contribution in [0.5, 0.6) is 5.88 Å². The van der Waals surface area contributed by atoms with E-state index in [1.54, 1.807) is 11.8 Å². The van der Waals surface area contributed by atoms with E-state index in [2.05, 4.69) is 10.3 Å². The zero-order valence-electron chi connectivity index (χ0n) is 12.4. The predicted octanol–water partition coefficient (Wildman–Crippen LogP) is 2.10. The summed E-state index contributed by atoms with van der Waals surface area (Å²) in [7, 11) is 0. The number of nitrogens with one attached hydrogen (secondary N) is 1. The molecule has 1 amide bonds. The van der Waals surface area contributed by atoms with Gasteiger partial charge in [-0.05, 0) is 24.5 Å². The van der Waals surface area contributed by atoms with Gasteiger partial charge in [-0.3, -0.25) is 4.79 Å². The van der Waals surface area contributed by atoms with Crippen LogP contribution in [0, 0.1) is 0 Å². The average Bonchev–Trinajstić information content (AvgIpc) is 2.48. The first kappa shape index (κ1) is 21.8. The molecule has 0 aliphatic heterocycles. The first-order valence-electron chi connectivity index (χ1n) is 6.53. The molecule has 1 heterocycles. The molecule has 0 aromatic carbocycles. The number of nitrogens with two attached hydrogens (primary N) is 1. The second kappa shape index (κ2) is 10.6. The van der Waals surface area contributed by atoms with Gasteiger partial charge in [0.2, 0.25) is 11.8 Å². The number of ether oxygens (including phenoxy) is 1. The van der Waals surface area contributed by atoms with E-state index in [0.29, 0.717) is 12.6 Å². The summed E-state index contributed by atoms with van der Waals surface area (Å²) < 4.78 is 42.2. The lowest BCUT2D eigenvalue weighted by Crippen LogP contribution is -2.42. The number of aromatic nitrogens is 1. The van der Waals surface area contributed by atoms with Crippen LogP contribution in [-0.4, -0.2) is 42.1 Å². The Labute approximate surface area is 143 Å². The highest BCUT2D eigenvalue weighted by Crippen LogP contribution is 2.29. The van der Waals surface area contributed by atoms with Crippen molar-refractivity contribution in [2.24, 2.45) is 5.73 Å². The standard InChI is InChI=1S/C13H18F3N3O2S.ClH/c1-22-7-4-10(17)12(20)18-5-6-21-11-3-2-9(8-19-11)13(14,15)16;/h2-3,8,10H,4-7,17H2,1H3,(H,18,20);1H/t10-;/m0./s1. The van der Waals surface area contributed by atoms with Crippen LogP contribution in [0.25, 0.3) is 0 Å². The van der Waals surface area contributed by atoms with Gasteiger partial charge < -0.3 is 15.8 Å². The summed E-state index contributed by atoms with van der Waals surface area (Å²) in [5.74, 6) is 0.576. The van der Waals surface area contributed by atoms with Crippen LogP contribution >= 0.6 is 24.2 Å². The van der Waals surface area contributed by atoms with E-state index in [1.165, 1.54) is 0 Å². The number of thioether (sulfide) groups is 1. The Morgan fingerprint density at radius 3 is 2.70 bits per heavy atom. The fourth-order valence-electron chi connectivity index (χ4n) is 1.47. The molecule has 1 rings (SSSR count). The van der Waals surface area contributed by atoms with Crippen molar-refractivity contribution in [3.05, 3.63) is 23.9 Å². The molecule has 0 unspecified atom stereocenters. The maximum absolute atomic E-state index is 12.3. The maximum atomic E-state index is 12.3. The van der Waals surface area contributed by atoms with Crippen molar-refractivity contribution in [1.29, 1.82) is 0 Å². The fourth-order valence-corrected chi connectivity index (χ4v) is 1.96. The molecular weight excluding hydrogens is 355 g/mol. The quantitative estimate of drug-likeness (QED) is 0.682. The van der Waals surface area contributed by atoms with Gasteiger partial charge in [0.1, 0.15) is 6.61 Å². The SMILES string of the molecule is CSCC[C@H](N)C(=O)NCCOc1ccc(C(F)(F)F)cn1.Cl. The molecule has 0 aliphatic rings. The Morgan fingerprint density at radius 2 is 2.17 bits per heavy atom. The van der Waals surface area contributed by atoms with Gasteiger partial charge in [0.25, 0.3) is 0 Å². The van der Waals surface area contributed by atoms with Crippen LogP contribution in [-0.2, 0) is 11.0 Å². The average molecular weight is 374 g/mol. The smallest absolute Gasteiger partial charge is 0.417 e. The lowest BCUT2D eigenvalue weighted by molar-refractivity contribution is -0.137. The third kappa shape index (κ3) is 8.29. The lowest BCUT2D eigenvalue weighted by atomic mass is 10.2. The molecule has 10 heteroatoms. The van der Waals surface area contributed by atoms with Crippen molar-refractivity contribution < 1.29 is 22.7 Å². The molecule has 23 heavy (non-hydrogen) atoms. The van der Waals surface area contributed by atoms with Crippen molar-refractivity contribution in [1.82, 2.24) is 10.3 Å². The van der Waals surface area contributed by atoms with Gasteiger partial charge >= 0.3 is 6.18 Å². The minimum absolute atomic E-state index is 0. The van der Waals surface area contributed by atoms with E-state index in [1.807, 2.05) is 6.26 Å². The van der Waals surface area contributed by atoms with Crippen LogP contribution in [0.3, 0.4) is 0 Å². The summed E-state index contributed by atoms with van der Waals surface area (Å²) in [5.41, 5.74) is 4.83. The minimum Gasteiger partial charge on any atom is -0.476 e. The second-order valence-electron chi connectivity index (χ2n) is 4.41. The van der Waals surface area contributed by atoms with E-state index >= 15 is 0 Å². The number of halogens is 4. The highest BCUT2D eigenvalue weighted by Gasteiger charge is 2.30. The summed E-state index contributed by atoms with van der Waals surface area (Å²) in [4.78, 5) is 15.1. The number of carbonyl (C=O) groups is 1. The van der Waals surface area contributed by atoms with Crippen LogP contribution in [0.2, 0.25) is 0 Å².